The van der Waals surface area contributed by atoms with Gasteiger partial charge in [0, 0.05) is 19.7 Å². The van der Waals surface area contributed by atoms with Gasteiger partial charge in [0.15, 0.2) is 0 Å². The third-order valence-corrected chi connectivity index (χ3v) is 3.87. The summed E-state index contributed by atoms with van der Waals surface area (Å²) in [5, 5.41) is 9.01. The molecule has 3 unspecified atom stereocenters. The van der Waals surface area contributed by atoms with Gasteiger partial charge < -0.3 is 9.84 Å². The lowest BCUT2D eigenvalue weighted by Gasteiger charge is -2.43. The molecule has 1 saturated heterocycles. The average molecular weight is 229 g/mol. The lowest BCUT2D eigenvalue weighted by atomic mass is 9.91. The van der Waals surface area contributed by atoms with Crippen LogP contribution in [0.1, 0.15) is 33.6 Å². The quantitative estimate of drug-likeness (QED) is 0.795. The molecule has 1 heterocycles. The maximum absolute atomic E-state index is 11.0. The minimum absolute atomic E-state index is 0.0623. The molecule has 0 saturated carbocycles. The standard InChI is InChI=1S/C12H23NO3/c1-9(11(14)15)10(2)13-7-5-6-12(3,8-13)16-4/h9-10H,5-8H2,1-4H3,(H,14,15). The number of piperidine rings is 1. The molecule has 0 radical (unpaired) electrons. The molecule has 4 nitrogen and oxygen atoms in total. The van der Waals surface area contributed by atoms with Gasteiger partial charge in [0.25, 0.3) is 0 Å². The normalized spacial score (nSPS) is 31.0. The van der Waals surface area contributed by atoms with Crippen molar-refractivity contribution < 1.29 is 14.6 Å². The van der Waals surface area contributed by atoms with E-state index in [9.17, 15) is 4.79 Å². The Bertz CT molecular complexity index is 257. The van der Waals surface area contributed by atoms with E-state index in [1.54, 1.807) is 14.0 Å². The predicted molar refractivity (Wildman–Crippen MR) is 62.5 cm³/mol. The number of hydrogen-bond acceptors (Lipinski definition) is 3. The fourth-order valence-corrected chi connectivity index (χ4v) is 2.28. The molecular formula is C12H23NO3. The van der Waals surface area contributed by atoms with Gasteiger partial charge in [-0.15, -0.1) is 0 Å². The Morgan fingerprint density at radius 1 is 1.50 bits per heavy atom. The van der Waals surface area contributed by atoms with Crippen molar-refractivity contribution in [3.05, 3.63) is 0 Å². The Morgan fingerprint density at radius 3 is 2.62 bits per heavy atom. The Morgan fingerprint density at radius 2 is 2.12 bits per heavy atom. The van der Waals surface area contributed by atoms with Crippen molar-refractivity contribution in [2.45, 2.75) is 45.3 Å². The second-order valence-corrected chi connectivity index (χ2v) is 5.10. The highest BCUT2D eigenvalue weighted by molar-refractivity contribution is 5.70. The molecule has 0 aromatic heterocycles. The number of carboxylic acid groups (broad SMARTS) is 1. The number of carbonyl (C=O) groups is 1. The lowest BCUT2D eigenvalue weighted by Crippen LogP contribution is -2.52. The molecule has 0 amide bonds. The van der Waals surface area contributed by atoms with Crippen LogP contribution >= 0.6 is 0 Å². The molecule has 1 rings (SSSR count). The fraction of sp³-hybridized carbons (Fsp3) is 0.917. The molecule has 1 aliphatic heterocycles. The van der Waals surface area contributed by atoms with Gasteiger partial charge in [-0.1, -0.05) is 6.92 Å². The molecule has 1 N–H and O–H groups in total. The highest BCUT2D eigenvalue weighted by Crippen LogP contribution is 2.26. The van der Waals surface area contributed by atoms with Crippen molar-refractivity contribution in [2.75, 3.05) is 20.2 Å². The van der Waals surface area contributed by atoms with Crippen molar-refractivity contribution >= 4 is 5.97 Å². The molecule has 16 heavy (non-hydrogen) atoms. The van der Waals surface area contributed by atoms with Crippen molar-refractivity contribution in [3.63, 3.8) is 0 Å². The van der Waals surface area contributed by atoms with Crippen LogP contribution in [0.3, 0.4) is 0 Å². The predicted octanol–water partition coefficient (Wildman–Crippen LogP) is 1.60. The minimum atomic E-state index is -0.725. The first-order valence-corrected chi connectivity index (χ1v) is 5.91. The van der Waals surface area contributed by atoms with Gasteiger partial charge in [-0.05, 0) is 33.2 Å². The maximum Gasteiger partial charge on any atom is 0.307 e. The van der Waals surface area contributed by atoms with E-state index in [0.29, 0.717) is 0 Å². The third-order valence-electron chi connectivity index (χ3n) is 3.87. The summed E-state index contributed by atoms with van der Waals surface area (Å²) in [7, 11) is 1.73. The van der Waals surface area contributed by atoms with Gasteiger partial charge >= 0.3 is 5.97 Å². The molecule has 1 fully saturated rings. The first-order valence-electron chi connectivity index (χ1n) is 5.91. The average Bonchev–Trinajstić information content (AvgIpc) is 2.27. The topological polar surface area (TPSA) is 49.8 Å². The zero-order valence-corrected chi connectivity index (χ0v) is 10.7. The molecule has 0 aromatic rings. The summed E-state index contributed by atoms with van der Waals surface area (Å²) < 4.78 is 5.51. The van der Waals surface area contributed by atoms with Gasteiger partial charge in [-0.25, -0.2) is 0 Å². The number of carboxylic acids is 1. The smallest absolute Gasteiger partial charge is 0.307 e. The lowest BCUT2D eigenvalue weighted by molar-refractivity contribution is -0.144. The van der Waals surface area contributed by atoms with E-state index in [1.807, 2.05) is 6.92 Å². The van der Waals surface area contributed by atoms with Crippen LogP contribution in [-0.4, -0.2) is 47.8 Å². The van der Waals surface area contributed by atoms with Crippen LogP contribution in [0.4, 0.5) is 0 Å². The fourth-order valence-electron chi connectivity index (χ4n) is 2.28. The van der Waals surface area contributed by atoms with Crippen LogP contribution in [0.15, 0.2) is 0 Å². The van der Waals surface area contributed by atoms with Crippen molar-refractivity contribution in [1.29, 1.82) is 0 Å². The number of nitrogens with zero attached hydrogens (tertiary/aromatic N) is 1. The van der Waals surface area contributed by atoms with E-state index >= 15 is 0 Å². The van der Waals surface area contributed by atoms with Crippen LogP contribution in [0, 0.1) is 5.92 Å². The highest BCUT2D eigenvalue weighted by atomic mass is 16.5. The second-order valence-electron chi connectivity index (χ2n) is 5.10. The summed E-state index contributed by atoms with van der Waals surface area (Å²) in [6.45, 7) is 7.64. The van der Waals surface area contributed by atoms with E-state index in [1.165, 1.54) is 0 Å². The molecule has 1 aliphatic rings. The summed E-state index contributed by atoms with van der Waals surface area (Å²) in [4.78, 5) is 13.2. The first kappa shape index (κ1) is 13.5. The monoisotopic (exact) mass is 229 g/mol. The van der Waals surface area contributed by atoms with Crippen LogP contribution < -0.4 is 0 Å². The van der Waals surface area contributed by atoms with Gasteiger partial charge in [0.1, 0.15) is 0 Å². The number of likely N-dealkylation sites (tertiary alicyclic amines) is 1. The Hall–Kier alpha value is -0.610. The number of rotatable bonds is 4. The molecule has 4 heteroatoms. The van der Waals surface area contributed by atoms with Gasteiger partial charge in [0.2, 0.25) is 0 Å². The van der Waals surface area contributed by atoms with Crippen molar-refractivity contribution in [2.24, 2.45) is 5.92 Å². The molecule has 3 atom stereocenters. The summed E-state index contributed by atoms with van der Waals surface area (Å²) in [6, 6.07) is 0.0623. The van der Waals surface area contributed by atoms with Gasteiger partial charge in [-0.3, -0.25) is 9.69 Å². The maximum atomic E-state index is 11.0. The van der Waals surface area contributed by atoms with Crippen molar-refractivity contribution in [1.82, 2.24) is 4.90 Å². The molecule has 94 valence electrons. The largest absolute Gasteiger partial charge is 0.481 e. The SMILES string of the molecule is COC1(C)CCCN(C(C)C(C)C(=O)O)C1. The summed E-state index contributed by atoms with van der Waals surface area (Å²) in [6.07, 6.45) is 2.12. The molecule has 0 aliphatic carbocycles. The molecular weight excluding hydrogens is 206 g/mol. The van der Waals surface area contributed by atoms with Crippen LogP contribution in [-0.2, 0) is 9.53 Å². The summed E-state index contributed by atoms with van der Waals surface area (Å²) >= 11 is 0. The van der Waals surface area contributed by atoms with Crippen LogP contribution in [0.5, 0.6) is 0 Å². The first-order chi connectivity index (χ1) is 7.39. The summed E-state index contributed by atoms with van der Waals surface area (Å²) in [5.41, 5.74) is -0.120. The third kappa shape index (κ3) is 2.95. The Balaban J connectivity index is 2.63. The molecule has 0 bridgehead atoms. The van der Waals surface area contributed by atoms with Crippen molar-refractivity contribution in [3.8, 4) is 0 Å². The summed E-state index contributed by atoms with van der Waals surface area (Å²) in [5.74, 6) is -1.06. The highest BCUT2D eigenvalue weighted by Gasteiger charge is 2.35. The van der Waals surface area contributed by atoms with E-state index in [-0.39, 0.29) is 17.6 Å². The molecule has 0 aromatic carbocycles. The van der Waals surface area contributed by atoms with Crippen LogP contribution in [0.2, 0.25) is 0 Å². The molecule has 0 spiro atoms. The number of hydrogen-bond donors (Lipinski definition) is 1. The zero-order valence-electron chi connectivity index (χ0n) is 10.7. The second kappa shape index (κ2) is 5.15. The van der Waals surface area contributed by atoms with Gasteiger partial charge in [0.05, 0.1) is 11.5 Å². The zero-order chi connectivity index (χ0) is 12.3. The number of methoxy groups -OCH3 is 1. The number of aliphatic carboxylic acids is 1. The van der Waals surface area contributed by atoms with E-state index in [0.717, 1.165) is 25.9 Å². The van der Waals surface area contributed by atoms with E-state index in [2.05, 4.69) is 11.8 Å². The van der Waals surface area contributed by atoms with E-state index in [4.69, 9.17) is 9.84 Å². The van der Waals surface area contributed by atoms with Gasteiger partial charge in [-0.2, -0.15) is 0 Å². The van der Waals surface area contributed by atoms with Crippen LogP contribution in [0.25, 0.3) is 0 Å². The Kier molecular flexibility index (Phi) is 4.33. The number of ether oxygens (including phenoxy) is 1. The Labute approximate surface area is 97.6 Å². The minimum Gasteiger partial charge on any atom is -0.481 e. The van der Waals surface area contributed by atoms with E-state index < -0.39 is 5.97 Å².